The van der Waals surface area contributed by atoms with Crippen LogP contribution in [0.25, 0.3) is 22.3 Å². The molecule has 0 unspecified atom stereocenters. The van der Waals surface area contributed by atoms with E-state index in [2.05, 4.69) is 15.3 Å². The summed E-state index contributed by atoms with van der Waals surface area (Å²) in [6, 6.07) is 15.1. The van der Waals surface area contributed by atoms with E-state index in [4.69, 9.17) is 10.5 Å². The molecule has 10 nitrogen and oxygen atoms in total. The van der Waals surface area contributed by atoms with Crippen LogP contribution in [0.15, 0.2) is 58.5 Å². The van der Waals surface area contributed by atoms with Gasteiger partial charge >= 0.3 is 0 Å². The van der Waals surface area contributed by atoms with Gasteiger partial charge in [0.25, 0.3) is 11.2 Å². The van der Waals surface area contributed by atoms with Crippen molar-refractivity contribution in [3.05, 3.63) is 74.2 Å². The van der Waals surface area contributed by atoms with Gasteiger partial charge in [-0.3, -0.25) is 14.9 Å². The van der Waals surface area contributed by atoms with Crippen molar-refractivity contribution in [3.63, 3.8) is 0 Å². The van der Waals surface area contributed by atoms with Gasteiger partial charge in [0.1, 0.15) is 29.7 Å². The van der Waals surface area contributed by atoms with E-state index in [0.29, 0.717) is 10.9 Å². The Balaban J connectivity index is 2.26. The molecule has 0 aliphatic heterocycles. The number of hydrogen-bond donors (Lipinski definition) is 2. The Kier molecular flexibility index (Phi) is 4.99. The average molecular weight is 383 g/mol. The largest absolute Gasteiger partial charge is 0.344 e. The molecule has 0 aliphatic carbocycles. The molecule has 0 atom stereocenters. The number of anilines is 1. The second-order valence-electron chi connectivity index (χ2n) is 5.63. The number of rotatable bonds is 4. The molecule has 29 heavy (non-hydrogen) atoms. The SMILES string of the molecule is N#CC(C#N)=C(C#N)Nc1cc([N+](=O)[O-])ccc1-c1nc2ccccc2c(=O)[nH]1. The molecule has 3 rings (SSSR count). The first kappa shape index (κ1) is 18.8. The molecule has 3 aromatic rings. The number of H-pyrrole nitrogens is 1. The van der Waals surface area contributed by atoms with Crippen LogP contribution in [0.4, 0.5) is 11.4 Å². The molecule has 10 heteroatoms. The number of benzene rings is 2. The highest BCUT2D eigenvalue weighted by Gasteiger charge is 2.17. The minimum Gasteiger partial charge on any atom is -0.344 e. The summed E-state index contributed by atoms with van der Waals surface area (Å²) in [5.74, 6) is 0.0962. The molecule has 0 saturated carbocycles. The van der Waals surface area contributed by atoms with Crippen LogP contribution < -0.4 is 10.9 Å². The first-order valence-corrected chi connectivity index (χ1v) is 7.98. The number of non-ortho nitro benzene ring substituents is 1. The number of nitrogens with one attached hydrogen (secondary N) is 2. The normalized spacial score (nSPS) is 9.69. The summed E-state index contributed by atoms with van der Waals surface area (Å²) in [5, 5.41) is 41.3. The smallest absolute Gasteiger partial charge is 0.271 e. The number of fused-ring (bicyclic) bond motifs is 1. The quantitative estimate of drug-likeness (QED) is 0.393. The van der Waals surface area contributed by atoms with Crippen molar-refractivity contribution in [2.75, 3.05) is 5.32 Å². The molecule has 2 aromatic carbocycles. The van der Waals surface area contributed by atoms with Crippen molar-refractivity contribution >= 4 is 22.3 Å². The van der Waals surface area contributed by atoms with E-state index in [1.54, 1.807) is 42.5 Å². The molecule has 0 saturated heterocycles. The molecule has 0 aliphatic rings. The minimum absolute atomic E-state index is 0.0252. The van der Waals surface area contributed by atoms with Gasteiger partial charge in [0.2, 0.25) is 0 Å². The maximum Gasteiger partial charge on any atom is 0.271 e. The summed E-state index contributed by atoms with van der Waals surface area (Å²) in [5.41, 5.74) is -0.933. The standard InChI is InChI=1S/C19H9N7O3/c20-8-11(9-21)17(10-22)23-16-7-12(26(28)29)5-6-13(16)18-24-15-4-2-1-3-14(15)19(27)25-18/h1-7,23H,(H,24,25,27). The number of aromatic amines is 1. The first-order valence-electron chi connectivity index (χ1n) is 7.98. The topological polar surface area (TPSA) is 172 Å². The van der Waals surface area contributed by atoms with Crippen LogP contribution in [-0.4, -0.2) is 14.9 Å². The molecule has 2 N–H and O–H groups in total. The number of hydrogen-bond acceptors (Lipinski definition) is 8. The lowest BCUT2D eigenvalue weighted by atomic mass is 10.1. The van der Waals surface area contributed by atoms with Gasteiger partial charge in [0, 0.05) is 17.7 Å². The number of allylic oxidation sites excluding steroid dienone is 2. The summed E-state index contributed by atoms with van der Waals surface area (Å²) < 4.78 is 0. The summed E-state index contributed by atoms with van der Waals surface area (Å²) in [6.07, 6.45) is 0. The highest BCUT2D eigenvalue weighted by atomic mass is 16.6. The Labute approximate surface area is 162 Å². The molecule has 0 fully saturated rings. The molecule has 0 bridgehead atoms. The fourth-order valence-electron chi connectivity index (χ4n) is 2.59. The van der Waals surface area contributed by atoms with Crippen molar-refractivity contribution in [1.82, 2.24) is 9.97 Å². The number of nitriles is 3. The fraction of sp³-hybridized carbons (Fsp3) is 0. The zero-order valence-corrected chi connectivity index (χ0v) is 14.5. The molecular weight excluding hydrogens is 374 g/mol. The number of aromatic nitrogens is 2. The van der Waals surface area contributed by atoms with Gasteiger partial charge in [-0.1, -0.05) is 12.1 Å². The van der Waals surface area contributed by atoms with E-state index in [-0.39, 0.29) is 28.5 Å². The Morgan fingerprint density at radius 3 is 2.48 bits per heavy atom. The number of nitrogens with zero attached hydrogens (tertiary/aromatic N) is 5. The maximum atomic E-state index is 12.4. The highest BCUT2D eigenvalue weighted by molar-refractivity contribution is 5.83. The lowest BCUT2D eigenvalue weighted by Crippen LogP contribution is -2.11. The third-order valence-electron chi connectivity index (χ3n) is 3.93. The maximum absolute atomic E-state index is 12.4. The molecule has 0 amide bonds. The zero-order valence-electron chi connectivity index (χ0n) is 14.5. The van der Waals surface area contributed by atoms with Gasteiger partial charge in [-0.2, -0.15) is 15.8 Å². The van der Waals surface area contributed by atoms with E-state index in [9.17, 15) is 20.2 Å². The van der Waals surface area contributed by atoms with Crippen LogP contribution in [0.1, 0.15) is 0 Å². The van der Waals surface area contributed by atoms with Gasteiger partial charge in [-0.25, -0.2) is 4.98 Å². The zero-order chi connectivity index (χ0) is 21.0. The fourth-order valence-corrected chi connectivity index (χ4v) is 2.59. The van der Waals surface area contributed by atoms with Crippen molar-refractivity contribution in [3.8, 4) is 29.6 Å². The van der Waals surface area contributed by atoms with Crippen molar-refractivity contribution in [2.24, 2.45) is 0 Å². The van der Waals surface area contributed by atoms with Crippen LogP contribution in [0.2, 0.25) is 0 Å². The third kappa shape index (κ3) is 3.61. The van der Waals surface area contributed by atoms with Crippen LogP contribution in [-0.2, 0) is 0 Å². The van der Waals surface area contributed by atoms with Crippen LogP contribution in [0.3, 0.4) is 0 Å². The number of nitro groups is 1. The number of para-hydroxylation sites is 1. The predicted octanol–water partition coefficient (Wildman–Crippen LogP) is 2.74. The van der Waals surface area contributed by atoms with E-state index in [0.717, 1.165) is 6.07 Å². The van der Waals surface area contributed by atoms with Gasteiger partial charge in [-0.05, 0) is 18.2 Å². The Bertz CT molecular complexity index is 1350. The van der Waals surface area contributed by atoms with Crippen LogP contribution in [0, 0.1) is 44.1 Å². The van der Waals surface area contributed by atoms with Crippen molar-refractivity contribution in [2.45, 2.75) is 0 Å². The molecule has 1 aromatic heterocycles. The second-order valence-corrected chi connectivity index (χ2v) is 5.63. The van der Waals surface area contributed by atoms with Gasteiger partial charge in [0.15, 0.2) is 5.57 Å². The van der Waals surface area contributed by atoms with Gasteiger partial charge in [0.05, 0.1) is 21.5 Å². The van der Waals surface area contributed by atoms with Gasteiger partial charge in [-0.15, -0.1) is 0 Å². The van der Waals surface area contributed by atoms with Crippen molar-refractivity contribution in [1.29, 1.82) is 15.8 Å². The average Bonchev–Trinajstić information content (AvgIpc) is 2.73. The Hall–Kier alpha value is -5.01. The first-order chi connectivity index (χ1) is 14.0. The predicted molar refractivity (Wildman–Crippen MR) is 102 cm³/mol. The lowest BCUT2D eigenvalue weighted by molar-refractivity contribution is -0.384. The van der Waals surface area contributed by atoms with E-state index in [1.807, 2.05) is 0 Å². The van der Waals surface area contributed by atoms with E-state index in [1.165, 1.54) is 12.1 Å². The molecule has 0 radical (unpaired) electrons. The monoisotopic (exact) mass is 383 g/mol. The van der Waals surface area contributed by atoms with E-state index >= 15 is 0 Å². The van der Waals surface area contributed by atoms with Crippen molar-refractivity contribution < 1.29 is 4.92 Å². The third-order valence-corrected chi connectivity index (χ3v) is 3.93. The lowest BCUT2D eigenvalue weighted by Gasteiger charge is -2.11. The molecule has 138 valence electrons. The molecule has 1 heterocycles. The van der Waals surface area contributed by atoms with Crippen LogP contribution in [0.5, 0.6) is 0 Å². The Morgan fingerprint density at radius 1 is 1.10 bits per heavy atom. The summed E-state index contributed by atoms with van der Waals surface area (Å²) in [7, 11) is 0. The molecular formula is C19H9N7O3. The summed E-state index contributed by atoms with van der Waals surface area (Å²) in [6.45, 7) is 0. The highest BCUT2D eigenvalue weighted by Crippen LogP contribution is 2.31. The number of nitro benzene ring substituents is 1. The molecule has 0 spiro atoms. The minimum atomic E-state index is -0.642. The van der Waals surface area contributed by atoms with Crippen LogP contribution >= 0.6 is 0 Å². The summed E-state index contributed by atoms with van der Waals surface area (Å²) >= 11 is 0. The summed E-state index contributed by atoms with van der Waals surface area (Å²) in [4.78, 5) is 29.8. The van der Waals surface area contributed by atoms with Gasteiger partial charge < -0.3 is 10.3 Å². The van der Waals surface area contributed by atoms with E-state index < -0.39 is 16.1 Å². The second kappa shape index (κ2) is 7.70. The Morgan fingerprint density at radius 2 is 1.83 bits per heavy atom.